The number of fused-ring (bicyclic) bond motifs is 2. The van der Waals surface area contributed by atoms with Crippen LogP contribution in [-0.2, 0) is 19.1 Å². The Hall–Kier alpha value is -5.27. The maximum absolute atomic E-state index is 14.3. The summed E-state index contributed by atoms with van der Waals surface area (Å²) in [6.45, 7) is 5.25. The highest BCUT2D eigenvalue weighted by Crippen LogP contribution is 2.45. The molecule has 3 aliphatic rings. The van der Waals surface area contributed by atoms with Gasteiger partial charge in [0.2, 0.25) is 17.6 Å². The molecule has 2 aliphatic heterocycles. The fourth-order valence-corrected chi connectivity index (χ4v) is 6.49. The van der Waals surface area contributed by atoms with Gasteiger partial charge in [0.15, 0.2) is 0 Å². The van der Waals surface area contributed by atoms with Crippen LogP contribution in [0.2, 0.25) is 0 Å². The van der Waals surface area contributed by atoms with E-state index in [2.05, 4.69) is 26.0 Å². The largest absolute Gasteiger partial charge is 0.479 e. The number of carbonyl (C=O) groups excluding carboxylic acids is 3. The van der Waals surface area contributed by atoms with E-state index in [0.29, 0.717) is 35.7 Å². The number of hydrogen-bond donors (Lipinski definition) is 3. The summed E-state index contributed by atoms with van der Waals surface area (Å²) in [4.78, 5) is 56.2. The quantitative estimate of drug-likeness (QED) is 0.310. The molecule has 0 radical (unpaired) electrons. The number of amides is 3. The average molecular weight is 686 g/mol. The van der Waals surface area contributed by atoms with Gasteiger partial charge in [-0.25, -0.2) is 9.59 Å². The molecule has 1 saturated carbocycles. The number of carboxylic acids is 1. The number of rotatable bonds is 6. The molecule has 1 aromatic heterocycles. The predicted molar refractivity (Wildman–Crippen MR) is 181 cm³/mol. The number of para-hydroxylation sites is 1. The molecule has 0 unspecified atom stereocenters. The van der Waals surface area contributed by atoms with E-state index in [1.807, 2.05) is 54.6 Å². The minimum Gasteiger partial charge on any atom is -0.479 e. The third-order valence-electron chi connectivity index (χ3n) is 9.17. The van der Waals surface area contributed by atoms with E-state index in [1.54, 1.807) is 32.9 Å². The molecule has 6 rings (SSSR count). The summed E-state index contributed by atoms with van der Waals surface area (Å²) in [6.07, 6.45) is 6.84. The first-order valence-corrected chi connectivity index (χ1v) is 17.1. The van der Waals surface area contributed by atoms with E-state index >= 15 is 0 Å². The normalized spacial score (nSPS) is 25.7. The zero-order valence-electron chi connectivity index (χ0n) is 28.4. The Morgan fingerprint density at radius 1 is 1.02 bits per heavy atom. The van der Waals surface area contributed by atoms with Gasteiger partial charge in [0.1, 0.15) is 34.7 Å². The number of allylic oxidation sites excluding steroid dienone is 1. The van der Waals surface area contributed by atoms with Crippen LogP contribution in [0.15, 0.2) is 66.7 Å². The van der Waals surface area contributed by atoms with E-state index in [-0.39, 0.29) is 25.3 Å². The molecule has 1 saturated heterocycles. The Labute approximate surface area is 290 Å². The number of tetrazole rings is 1. The van der Waals surface area contributed by atoms with Crippen LogP contribution in [-0.4, -0.2) is 83.9 Å². The summed E-state index contributed by atoms with van der Waals surface area (Å²) in [6, 6.07) is 14.1. The molecule has 2 fully saturated rings. The molecule has 3 aromatic rings. The van der Waals surface area contributed by atoms with Gasteiger partial charge in [0.25, 0.3) is 0 Å². The van der Waals surface area contributed by atoms with Gasteiger partial charge in [-0.05, 0) is 88.1 Å². The van der Waals surface area contributed by atoms with E-state index in [1.165, 1.54) is 9.70 Å². The van der Waals surface area contributed by atoms with Crippen molar-refractivity contribution in [2.75, 3.05) is 6.54 Å². The lowest BCUT2D eigenvalue weighted by atomic mass is 10.0. The molecule has 264 valence electrons. The third kappa shape index (κ3) is 7.95. The minimum atomic E-state index is -1.44. The Kier molecular flexibility index (Phi) is 9.89. The second-order valence-electron chi connectivity index (χ2n) is 14.1. The number of ether oxygens (including phenoxy) is 2. The number of nitrogens with zero attached hydrogens (tertiary/aromatic N) is 5. The van der Waals surface area contributed by atoms with Crippen LogP contribution in [0.25, 0.3) is 11.4 Å². The van der Waals surface area contributed by atoms with Gasteiger partial charge >= 0.3 is 12.1 Å². The number of nitrogens with one attached hydrogen (secondary N) is 2. The van der Waals surface area contributed by atoms with Crippen molar-refractivity contribution in [2.45, 2.75) is 95.0 Å². The van der Waals surface area contributed by atoms with Gasteiger partial charge in [0.05, 0.1) is 6.04 Å². The first-order chi connectivity index (χ1) is 23.9. The molecule has 14 nitrogen and oxygen atoms in total. The summed E-state index contributed by atoms with van der Waals surface area (Å²) in [5.41, 5.74) is -1.53. The van der Waals surface area contributed by atoms with Crippen LogP contribution in [0.3, 0.4) is 0 Å². The zero-order chi connectivity index (χ0) is 35.5. The summed E-state index contributed by atoms with van der Waals surface area (Å²) < 4.78 is 11.3. The van der Waals surface area contributed by atoms with Gasteiger partial charge in [-0.15, -0.1) is 10.2 Å². The molecule has 0 spiro atoms. The zero-order valence-corrected chi connectivity index (χ0v) is 28.4. The highest BCUT2D eigenvalue weighted by atomic mass is 16.6. The summed E-state index contributed by atoms with van der Waals surface area (Å²) >= 11 is 0. The average Bonchev–Trinajstić information content (AvgIpc) is 3.37. The highest BCUT2D eigenvalue weighted by molar-refractivity contribution is 5.96. The molecule has 3 heterocycles. The summed E-state index contributed by atoms with van der Waals surface area (Å²) in [5, 5.41) is 28.8. The molecule has 14 heteroatoms. The van der Waals surface area contributed by atoms with Gasteiger partial charge in [-0.2, -0.15) is 4.80 Å². The van der Waals surface area contributed by atoms with Crippen LogP contribution >= 0.6 is 0 Å². The fraction of sp³-hybridized carbons (Fsp3) is 0.472. The van der Waals surface area contributed by atoms with Gasteiger partial charge in [-0.3, -0.25) is 9.59 Å². The molecule has 5 atom stereocenters. The summed E-state index contributed by atoms with van der Waals surface area (Å²) in [7, 11) is 0. The smallest absolute Gasteiger partial charge is 0.408 e. The van der Waals surface area contributed by atoms with Crippen LogP contribution in [0.4, 0.5) is 4.79 Å². The lowest BCUT2D eigenvalue weighted by Gasteiger charge is -2.30. The monoisotopic (exact) mass is 685 g/mol. The Bertz CT molecular complexity index is 1740. The number of alkyl carbamates (subject to hydrolysis) is 1. The maximum Gasteiger partial charge on any atom is 0.408 e. The van der Waals surface area contributed by atoms with Crippen LogP contribution in [0, 0.1) is 5.92 Å². The van der Waals surface area contributed by atoms with E-state index < -0.39 is 53.1 Å². The lowest BCUT2D eigenvalue weighted by Crippen LogP contribution is -2.56. The van der Waals surface area contributed by atoms with Gasteiger partial charge in [-0.1, -0.05) is 43.2 Å². The SMILES string of the molecule is CC(C)(C)OC(=O)N[C@H]1CCCCCC=C[C@@H]2C[C@@]2(C(=O)O)NC(=O)[C@@H]2C[C@@H](n3nnc(-c4ccc(Oc5ccccc5)cc4)n3)CN2C1=O. The van der Waals surface area contributed by atoms with Crippen LogP contribution in [0.5, 0.6) is 11.5 Å². The molecular formula is C36H43N7O7. The second-order valence-corrected chi connectivity index (χ2v) is 14.1. The molecule has 50 heavy (non-hydrogen) atoms. The summed E-state index contributed by atoms with van der Waals surface area (Å²) in [5.74, 6) is -0.821. The first kappa shape index (κ1) is 34.6. The Balaban J connectivity index is 1.24. The molecule has 2 aromatic carbocycles. The van der Waals surface area contributed by atoms with E-state index in [4.69, 9.17) is 9.47 Å². The Morgan fingerprint density at radius 3 is 2.48 bits per heavy atom. The molecule has 3 N–H and O–H groups in total. The number of hydrogen-bond acceptors (Lipinski definition) is 9. The molecule has 1 aliphatic carbocycles. The fourth-order valence-electron chi connectivity index (χ4n) is 6.49. The molecule has 3 amide bonds. The third-order valence-corrected chi connectivity index (χ3v) is 9.17. The van der Waals surface area contributed by atoms with Crippen molar-refractivity contribution >= 4 is 23.9 Å². The van der Waals surface area contributed by atoms with Crippen molar-refractivity contribution in [3.63, 3.8) is 0 Å². The van der Waals surface area contributed by atoms with Crippen molar-refractivity contribution in [2.24, 2.45) is 5.92 Å². The van der Waals surface area contributed by atoms with Crippen LogP contribution < -0.4 is 15.4 Å². The maximum atomic E-state index is 14.3. The highest BCUT2D eigenvalue weighted by Gasteiger charge is 2.61. The second kappa shape index (κ2) is 14.3. The molecule has 0 bridgehead atoms. The number of carbonyl (C=O) groups is 4. The van der Waals surface area contributed by atoms with Crippen molar-refractivity contribution in [1.29, 1.82) is 0 Å². The number of benzene rings is 2. The molecular weight excluding hydrogens is 642 g/mol. The standard InChI is InChI=1S/C36H43N7O7/c1-35(2,3)50-34(48)37-28-15-11-6-4-5-8-12-24-21-36(24,33(46)47)38-31(44)29-20-25(22-42(29)32(28)45)43-40-30(39-41-43)23-16-18-27(19-17-23)49-26-13-9-7-10-14-26/h7-10,12-14,16-19,24-25,28-29H,4-6,11,15,20-22H2,1-3H3,(H,37,48)(H,38,44)(H,46,47)/t24-,25-,28+,29+,36-/m1/s1. The van der Waals surface area contributed by atoms with Gasteiger partial charge < -0.3 is 30.1 Å². The van der Waals surface area contributed by atoms with E-state index in [0.717, 1.165) is 19.3 Å². The lowest BCUT2D eigenvalue weighted by molar-refractivity contribution is -0.145. The Morgan fingerprint density at radius 2 is 1.76 bits per heavy atom. The number of aliphatic carboxylic acids is 1. The van der Waals surface area contributed by atoms with Crippen molar-refractivity contribution < 1.29 is 33.8 Å². The predicted octanol–water partition coefficient (Wildman–Crippen LogP) is 4.65. The van der Waals surface area contributed by atoms with E-state index in [9.17, 15) is 24.3 Å². The topological polar surface area (TPSA) is 178 Å². The minimum absolute atomic E-state index is 0.0481. The van der Waals surface area contributed by atoms with Crippen molar-refractivity contribution in [1.82, 2.24) is 35.7 Å². The number of carboxylic acid groups (broad SMARTS) is 1. The first-order valence-electron chi connectivity index (χ1n) is 17.1. The number of aromatic nitrogens is 4. The van der Waals surface area contributed by atoms with Crippen molar-refractivity contribution in [3.8, 4) is 22.9 Å². The van der Waals surface area contributed by atoms with Crippen LogP contribution in [0.1, 0.15) is 71.8 Å². The van der Waals surface area contributed by atoms with Crippen molar-refractivity contribution in [3.05, 3.63) is 66.7 Å². The van der Waals surface area contributed by atoms with Gasteiger partial charge in [0, 0.05) is 24.4 Å².